The third kappa shape index (κ3) is 3.77. The van der Waals surface area contributed by atoms with Crippen LogP contribution >= 0.6 is 0 Å². The van der Waals surface area contributed by atoms with Crippen LogP contribution in [0.2, 0.25) is 0 Å². The molecule has 7 nitrogen and oxygen atoms in total. The van der Waals surface area contributed by atoms with E-state index in [9.17, 15) is 4.79 Å². The zero-order valence-corrected chi connectivity index (χ0v) is 20.5. The number of para-hydroxylation sites is 3. The number of imidazole rings is 1. The number of ether oxygens (including phenoxy) is 1. The third-order valence-corrected chi connectivity index (χ3v) is 7.18. The van der Waals surface area contributed by atoms with Crippen LogP contribution in [0, 0.1) is 0 Å². The Hall–Kier alpha value is -4.26. The van der Waals surface area contributed by atoms with Crippen LogP contribution in [0.15, 0.2) is 90.1 Å². The average molecular weight is 480 g/mol. The Bertz CT molecular complexity index is 1430. The molecule has 4 aromatic rings. The maximum Gasteiger partial charge on any atom is 0.254 e. The molecule has 1 fully saturated rings. The van der Waals surface area contributed by atoms with E-state index in [1.165, 1.54) is 5.69 Å². The molecule has 0 spiro atoms. The number of rotatable bonds is 4. The summed E-state index contributed by atoms with van der Waals surface area (Å²) >= 11 is 0. The number of anilines is 2. The molecule has 1 atom stereocenters. The van der Waals surface area contributed by atoms with Gasteiger partial charge in [-0.2, -0.15) is 0 Å². The fraction of sp³-hybridized carbons (Fsp3) is 0.241. The number of piperazine rings is 1. The molecule has 0 radical (unpaired) electrons. The van der Waals surface area contributed by atoms with Crippen molar-refractivity contribution in [2.75, 3.05) is 43.5 Å². The summed E-state index contributed by atoms with van der Waals surface area (Å²) in [5.74, 6) is 1.60. The molecule has 1 N–H and O–H groups in total. The van der Waals surface area contributed by atoms with Crippen LogP contribution < -0.4 is 15.0 Å². The van der Waals surface area contributed by atoms with Crippen molar-refractivity contribution in [2.24, 2.45) is 0 Å². The summed E-state index contributed by atoms with van der Waals surface area (Å²) < 4.78 is 7.55. The number of nitrogens with one attached hydrogen (secondary N) is 1. The molecule has 182 valence electrons. The molecule has 0 bridgehead atoms. The highest BCUT2D eigenvalue weighted by Gasteiger charge is 2.36. The van der Waals surface area contributed by atoms with Gasteiger partial charge in [-0.15, -0.1) is 0 Å². The van der Waals surface area contributed by atoms with Crippen LogP contribution in [0.5, 0.6) is 5.75 Å². The van der Waals surface area contributed by atoms with Gasteiger partial charge in [0.05, 0.1) is 29.8 Å². The highest BCUT2D eigenvalue weighted by molar-refractivity contribution is 5.98. The van der Waals surface area contributed by atoms with Gasteiger partial charge in [0.2, 0.25) is 5.95 Å². The summed E-state index contributed by atoms with van der Waals surface area (Å²) in [4.78, 5) is 23.3. The van der Waals surface area contributed by atoms with Crippen molar-refractivity contribution in [1.29, 1.82) is 0 Å². The summed E-state index contributed by atoms with van der Waals surface area (Å²) in [5.41, 5.74) is 5.71. The molecule has 7 heteroatoms. The van der Waals surface area contributed by atoms with E-state index in [1.54, 1.807) is 7.11 Å². The second kappa shape index (κ2) is 9.07. The van der Waals surface area contributed by atoms with Crippen LogP contribution in [0.1, 0.15) is 18.5 Å². The molecule has 3 heterocycles. The number of allylic oxidation sites excluding steroid dienone is 1. The number of benzene rings is 3. The van der Waals surface area contributed by atoms with Crippen LogP contribution in [-0.4, -0.2) is 53.6 Å². The number of amides is 1. The molecule has 2 aliphatic rings. The molecule has 6 rings (SSSR count). The first-order valence-electron chi connectivity index (χ1n) is 12.3. The number of fused-ring (bicyclic) bond motifs is 3. The Morgan fingerprint density at radius 1 is 0.917 bits per heavy atom. The smallest absolute Gasteiger partial charge is 0.254 e. The molecule has 36 heavy (non-hydrogen) atoms. The van der Waals surface area contributed by atoms with Gasteiger partial charge >= 0.3 is 0 Å². The fourth-order valence-corrected chi connectivity index (χ4v) is 5.32. The van der Waals surface area contributed by atoms with Crippen LogP contribution in [-0.2, 0) is 4.79 Å². The Kier molecular flexibility index (Phi) is 5.60. The lowest BCUT2D eigenvalue weighted by molar-refractivity contribution is -0.127. The topological polar surface area (TPSA) is 62.6 Å². The van der Waals surface area contributed by atoms with Gasteiger partial charge in [0.1, 0.15) is 5.75 Å². The molecular weight excluding hydrogens is 450 g/mol. The summed E-state index contributed by atoms with van der Waals surface area (Å²) in [5, 5.41) is 3.43. The number of carbonyl (C=O) groups excluding carboxylic acids is 1. The molecule has 1 aromatic heterocycles. The third-order valence-electron chi connectivity index (χ3n) is 7.18. The lowest BCUT2D eigenvalue weighted by Gasteiger charge is -2.39. The van der Waals surface area contributed by atoms with Crippen LogP contribution in [0.25, 0.3) is 11.0 Å². The highest BCUT2D eigenvalue weighted by Crippen LogP contribution is 2.40. The molecule has 1 amide bonds. The van der Waals surface area contributed by atoms with Gasteiger partial charge in [0.25, 0.3) is 5.91 Å². The lowest BCUT2D eigenvalue weighted by atomic mass is 9.93. The van der Waals surface area contributed by atoms with E-state index in [2.05, 4.69) is 45.1 Å². The van der Waals surface area contributed by atoms with Crippen LogP contribution in [0.4, 0.5) is 11.6 Å². The average Bonchev–Trinajstić information content (AvgIpc) is 3.30. The molecule has 1 saturated heterocycles. The van der Waals surface area contributed by atoms with Crippen molar-refractivity contribution in [2.45, 2.75) is 13.0 Å². The Morgan fingerprint density at radius 3 is 2.33 bits per heavy atom. The second-order valence-corrected chi connectivity index (χ2v) is 9.25. The van der Waals surface area contributed by atoms with Crippen molar-refractivity contribution in [3.05, 3.63) is 95.7 Å². The standard InChI is InChI=1S/C29H29N5O2/c1-20-26(28(35)33-18-16-32(17-19-33)22-8-4-3-5-9-22)27(21-12-14-23(36-2)15-13-21)34-25-11-7-6-10-24(25)31-29(34)30-20/h3-15,27H,16-19H2,1-2H3,(H,30,31)/t27-/m1/s1. The van der Waals surface area contributed by atoms with Gasteiger partial charge in [-0.3, -0.25) is 9.36 Å². The van der Waals surface area contributed by atoms with Crippen molar-refractivity contribution in [3.8, 4) is 5.75 Å². The first-order valence-corrected chi connectivity index (χ1v) is 12.3. The van der Waals surface area contributed by atoms with Gasteiger partial charge in [-0.25, -0.2) is 4.98 Å². The normalized spacial score (nSPS) is 17.7. The largest absolute Gasteiger partial charge is 0.497 e. The number of aromatic nitrogens is 2. The number of hydrogen-bond acceptors (Lipinski definition) is 5. The van der Waals surface area contributed by atoms with Crippen molar-refractivity contribution in [3.63, 3.8) is 0 Å². The fourth-order valence-electron chi connectivity index (χ4n) is 5.32. The van der Waals surface area contributed by atoms with Crippen LogP contribution in [0.3, 0.4) is 0 Å². The van der Waals surface area contributed by atoms with Gasteiger partial charge in [0, 0.05) is 37.6 Å². The van der Waals surface area contributed by atoms with Crippen molar-refractivity contribution >= 4 is 28.6 Å². The van der Waals surface area contributed by atoms with E-state index in [1.807, 2.05) is 60.4 Å². The summed E-state index contributed by atoms with van der Waals surface area (Å²) in [6, 6.07) is 26.2. The first kappa shape index (κ1) is 22.2. The summed E-state index contributed by atoms with van der Waals surface area (Å²) in [6.45, 7) is 4.95. The second-order valence-electron chi connectivity index (χ2n) is 9.25. The predicted molar refractivity (Wildman–Crippen MR) is 142 cm³/mol. The van der Waals surface area contributed by atoms with Gasteiger partial charge in [-0.1, -0.05) is 42.5 Å². The van der Waals surface area contributed by atoms with E-state index in [0.717, 1.165) is 52.7 Å². The molecule has 2 aliphatic heterocycles. The maximum absolute atomic E-state index is 14.1. The Balaban J connectivity index is 1.37. The van der Waals surface area contributed by atoms with Gasteiger partial charge < -0.3 is 19.9 Å². The molecular formula is C29H29N5O2. The van der Waals surface area contributed by atoms with Crippen molar-refractivity contribution in [1.82, 2.24) is 14.5 Å². The molecule has 0 aliphatic carbocycles. The first-order chi connectivity index (χ1) is 17.6. The predicted octanol–water partition coefficient (Wildman–Crippen LogP) is 4.68. The molecule has 0 unspecified atom stereocenters. The van der Waals surface area contributed by atoms with E-state index in [4.69, 9.17) is 9.72 Å². The molecule has 0 saturated carbocycles. The van der Waals surface area contributed by atoms with Gasteiger partial charge in [0.15, 0.2) is 0 Å². The van der Waals surface area contributed by atoms with E-state index in [0.29, 0.717) is 13.1 Å². The monoisotopic (exact) mass is 479 g/mol. The minimum Gasteiger partial charge on any atom is -0.497 e. The van der Waals surface area contributed by atoms with E-state index >= 15 is 0 Å². The minimum atomic E-state index is -0.292. The lowest BCUT2D eigenvalue weighted by Crippen LogP contribution is -2.50. The van der Waals surface area contributed by atoms with Gasteiger partial charge in [-0.05, 0) is 48.9 Å². The SMILES string of the molecule is COc1ccc([C@@H]2C(C(=O)N3CCN(c4ccccc4)CC3)=C(C)Nc3nc4ccccc4n32)cc1. The van der Waals surface area contributed by atoms with E-state index in [-0.39, 0.29) is 11.9 Å². The Labute approximate surface area is 210 Å². The number of methoxy groups -OCH3 is 1. The Morgan fingerprint density at radius 2 is 1.61 bits per heavy atom. The van der Waals surface area contributed by atoms with Crippen molar-refractivity contribution < 1.29 is 9.53 Å². The highest BCUT2D eigenvalue weighted by atomic mass is 16.5. The molecule has 3 aromatic carbocycles. The zero-order chi connectivity index (χ0) is 24.6. The quantitative estimate of drug-likeness (QED) is 0.460. The number of hydrogen-bond donors (Lipinski definition) is 1. The number of nitrogens with zero attached hydrogens (tertiary/aromatic N) is 4. The summed E-state index contributed by atoms with van der Waals surface area (Å²) in [7, 11) is 1.66. The van der Waals surface area contributed by atoms with E-state index < -0.39 is 0 Å². The summed E-state index contributed by atoms with van der Waals surface area (Å²) in [6.07, 6.45) is 0. The maximum atomic E-state index is 14.1. The number of carbonyl (C=O) groups is 1. The zero-order valence-electron chi connectivity index (χ0n) is 20.5. The minimum absolute atomic E-state index is 0.0666.